The summed E-state index contributed by atoms with van der Waals surface area (Å²) < 4.78 is 0. The van der Waals surface area contributed by atoms with Gasteiger partial charge in [0, 0.05) is 11.1 Å². The van der Waals surface area contributed by atoms with Gasteiger partial charge in [-0.05, 0) is 61.5 Å². The van der Waals surface area contributed by atoms with E-state index < -0.39 is 0 Å². The van der Waals surface area contributed by atoms with E-state index in [-0.39, 0.29) is 5.28 Å². The highest BCUT2D eigenvalue weighted by atomic mass is 35.5. The van der Waals surface area contributed by atoms with Gasteiger partial charge in [0.1, 0.15) is 0 Å². The maximum absolute atomic E-state index is 6.17. The zero-order chi connectivity index (χ0) is 16.6. The third-order valence-electron chi connectivity index (χ3n) is 4.30. The van der Waals surface area contributed by atoms with E-state index in [0.29, 0.717) is 11.6 Å². The predicted octanol–water partition coefficient (Wildman–Crippen LogP) is 5.09. The number of nitrogens with zero attached hydrogens (tertiary/aromatic N) is 3. The first-order valence-electron chi connectivity index (χ1n) is 7.52. The standard InChI is InChI=1S/C19H18ClN3/c1-11-7-5-9-15(13(11)3)17-21-18(23-19(20)22-17)16-10-6-8-12(2)14(16)4/h5-10H,1-4H3. The molecular formula is C19H18ClN3. The fourth-order valence-electron chi connectivity index (χ4n) is 2.58. The van der Waals surface area contributed by atoms with Crippen molar-refractivity contribution >= 4 is 11.6 Å². The summed E-state index contributed by atoms with van der Waals surface area (Å²) >= 11 is 6.17. The first-order chi connectivity index (χ1) is 11.0. The monoisotopic (exact) mass is 323 g/mol. The van der Waals surface area contributed by atoms with E-state index in [1.807, 2.05) is 24.3 Å². The Balaban J connectivity index is 2.21. The molecule has 1 heterocycles. The smallest absolute Gasteiger partial charge is 0.208 e. The lowest BCUT2D eigenvalue weighted by atomic mass is 10.0. The van der Waals surface area contributed by atoms with Crippen molar-refractivity contribution in [2.45, 2.75) is 27.7 Å². The average molecular weight is 324 g/mol. The van der Waals surface area contributed by atoms with Crippen molar-refractivity contribution in [3.05, 3.63) is 63.9 Å². The van der Waals surface area contributed by atoms with E-state index >= 15 is 0 Å². The SMILES string of the molecule is Cc1cccc(-c2nc(Cl)nc(-c3cccc(C)c3C)n2)c1C. The number of hydrogen-bond acceptors (Lipinski definition) is 3. The minimum atomic E-state index is 0.215. The number of aromatic nitrogens is 3. The van der Waals surface area contributed by atoms with Gasteiger partial charge in [-0.15, -0.1) is 0 Å². The van der Waals surface area contributed by atoms with Crippen molar-refractivity contribution in [2.24, 2.45) is 0 Å². The van der Waals surface area contributed by atoms with Crippen LogP contribution in [-0.2, 0) is 0 Å². The molecule has 0 spiro atoms. The van der Waals surface area contributed by atoms with Crippen LogP contribution in [0.4, 0.5) is 0 Å². The van der Waals surface area contributed by atoms with Crippen LogP contribution >= 0.6 is 11.6 Å². The Kier molecular flexibility index (Phi) is 4.14. The van der Waals surface area contributed by atoms with Crippen LogP contribution < -0.4 is 0 Å². The maximum atomic E-state index is 6.17. The molecule has 23 heavy (non-hydrogen) atoms. The van der Waals surface area contributed by atoms with Crippen LogP contribution in [0.2, 0.25) is 5.28 Å². The van der Waals surface area contributed by atoms with Crippen LogP contribution in [0.25, 0.3) is 22.8 Å². The van der Waals surface area contributed by atoms with E-state index in [1.165, 1.54) is 11.1 Å². The lowest BCUT2D eigenvalue weighted by Gasteiger charge is -2.11. The molecule has 0 radical (unpaired) electrons. The molecule has 0 fully saturated rings. The molecule has 0 N–H and O–H groups in total. The first-order valence-corrected chi connectivity index (χ1v) is 7.90. The molecule has 3 nitrogen and oxygen atoms in total. The first kappa shape index (κ1) is 15.6. The van der Waals surface area contributed by atoms with Gasteiger partial charge in [0.2, 0.25) is 5.28 Å². The topological polar surface area (TPSA) is 38.7 Å². The van der Waals surface area contributed by atoms with Gasteiger partial charge in [-0.25, -0.2) is 4.98 Å². The van der Waals surface area contributed by atoms with Gasteiger partial charge < -0.3 is 0 Å². The Morgan fingerprint density at radius 2 is 1.09 bits per heavy atom. The largest absolute Gasteiger partial charge is 0.226 e. The fraction of sp³-hybridized carbons (Fsp3) is 0.211. The summed E-state index contributed by atoms with van der Waals surface area (Å²) in [7, 11) is 0. The highest BCUT2D eigenvalue weighted by Crippen LogP contribution is 2.27. The molecule has 2 aromatic carbocycles. The number of benzene rings is 2. The summed E-state index contributed by atoms with van der Waals surface area (Å²) in [6.07, 6.45) is 0. The molecule has 0 saturated heterocycles. The zero-order valence-electron chi connectivity index (χ0n) is 13.7. The van der Waals surface area contributed by atoms with Gasteiger partial charge in [-0.2, -0.15) is 9.97 Å². The minimum absolute atomic E-state index is 0.215. The number of halogens is 1. The van der Waals surface area contributed by atoms with Gasteiger partial charge in [-0.3, -0.25) is 0 Å². The van der Waals surface area contributed by atoms with Crippen molar-refractivity contribution in [1.82, 2.24) is 15.0 Å². The second kappa shape index (κ2) is 6.09. The van der Waals surface area contributed by atoms with Crippen molar-refractivity contribution in [1.29, 1.82) is 0 Å². The predicted molar refractivity (Wildman–Crippen MR) is 94.7 cm³/mol. The van der Waals surface area contributed by atoms with Crippen LogP contribution in [0.5, 0.6) is 0 Å². The van der Waals surface area contributed by atoms with E-state index in [4.69, 9.17) is 11.6 Å². The second-order valence-electron chi connectivity index (χ2n) is 5.75. The fourth-order valence-corrected chi connectivity index (χ4v) is 2.74. The molecule has 0 amide bonds. The normalized spacial score (nSPS) is 10.8. The number of hydrogen-bond donors (Lipinski definition) is 0. The van der Waals surface area contributed by atoms with Crippen molar-refractivity contribution in [3.63, 3.8) is 0 Å². The third-order valence-corrected chi connectivity index (χ3v) is 4.47. The van der Waals surface area contributed by atoms with Gasteiger partial charge in [0.15, 0.2) is 11.6 Å². The number of aryl methyl sites for hydroxylation is 2. The van der Waals surface area contributed by atoms with Crippen molar-refractivity contribution < 1.29 is 0 Å². The lowest BCUT2D eigenvalue weighted by molar-refractivity contribution is 1.06. The van der Waals surface area contributed by atoms with Gasteiger partial charge in [0.05, 0.1) is 0 Å². The lowest BCUT2D eigenvalue weighted by Crippen LogP contribution is -2.00. The summed E-state index contributed by atoms with van der Waals surface area (Å²) in [6.45, 7) is 8.29. The van der Waals surface area contributed by atoms with Crippen LogP contribution in [-0.4, -0.2) is 15.0 Å². The Hall–Kier alpha value is -2.26. The summed E-state index contributed by atoms with van der Waals surface area (Å²) in [6, 6.07) is 12.2. The molecular weight excluding hydrogens is 306 g/mol. The maximum Gasteiger partial charge on any atom is 0.226 e. The highest BCUT2D eigenvalue weighted by Gasteiger charge is 2.13. The van der Waals surface area contributed by atoms with Gasteiger partial charge in [-0.1, -0.05) is 36.4 Å². The zero-order valence-corrected chi connectivity index (χ0v) is 14.4. The van der Waals surface area contributed by atoms with Crippen LogP contribution in [0.3, 0.4) is 0 Å². The molecule has 116 valence electrons. The quantitative estimate of drug-likeness (QED) is 0.659. The molecule has 0 atom stereocenters. The third kappa shape index (κ3) is 2.97. The van der Waals surface area contributed by atoms with Crippen molar-refractivity contribution in [3.8, 4) is 22.8 Å². The van der Waals surface area contributed by atoms with E-state index in [2.05, 4.69) is 54.8 Å². The Morgan fingerprint density at radius 1 is 0.652 bits per heavy atom. The number of rotatable bonds is 2. The summed E-state index contributed by atoms with van der Waals surface area (Å²) in [5.74, 6) is 1.23. The molecule has 1 aromatic heterocycles. The molecule has 3 rings (SSSR count). The molecule has 0 unspecified atom stereocenters. The minimum Gasteiger partial charge on any atom is -0.208 e. The molecule has 0 bridgehead atoms. The van der Waals surface area contributed by atoms with Crippen LogP contribution in [0, 0.1) is 27.7 Å². The van der Waals surface area contributed by atoms with Crippen LogP contribution in [0.15, 0.2) is 36.4 Å². The van der Waals surface area contributed by atoms with E-state index in [9.17, 15) is 0 Å². The van der Waals surface area contributed by atoms with E-state index in [1.54, 1.807) is 0 Å². The van der Waals surface area contributed by atoms with Gasteiger partial charge in [0.25, 0.3) is 0 Å². The molecule has 3 aromatic rings. The summed E-state index contributed by atoms with van der Waals surface area (Å²) in [5.41, 5.74) is 6.68. The van der Waals surface area contributed by atoms with Crippen molar-refractivity contribution in [2.75, 3.05) is 0 Å². The second-order valence-corrected chi connectivity index (χ2v) is 6.08. The van der Waals surface area contributed by atoms with E-state index in [0.717, 1.165) is 22.3 Å². The van der Waals surface area contributed by atoms with Crippen LogP contribution in [0.1, 0.15) is 22.3 Å². The Labute approximate surface area is 141 Å². The Bertz CT molecular complexity index is 818. The average Bonchev–Trinajstić information content (AvgIpc) is 2.52. The summed E-state index contributed by atoms with van der Waals surface area (Å²) in [4.78, 5) is 13.3. The molecule has 0 aliphatic heterocycles. The molecule has 0 aliphatic carbocycles. The molecule has 0 aliphatic rings. The van der Waals surface area contributed by atoms with Gasteiger partial charge >= 0.3 is 0 Å². The highest BCUT2D eigenvalue weighted by molar-refractivity contribution is 6.28. The molecule has 4 heteroatoms. The summed E-state index contributed by atoms with van der Waals surface area (Å²) in [5, 5.41) is 0.215. The Morgan fingerprint density at radius 3 is 1.52 bits per heavy atom. The molecule has 0 saturated carbocycles.